The molecule has 2 heterocycles. The highest BCUT2D eigenvalue weighted by molar-refractivity contribution is 5.84. The van der Waals surface area contributed by atoms with E-state index in [0.717, 1.165) is 41.1 Å². The lowest BCUT2D eigenvalue weighted by Crippen LogP contribution is -2.02. The first kappa shape index (κ1) is 12.8. The molecule has 0 atom stereocenters. The third kappa shape index (κ3) is 1.91. The quantitative estimate of drug-likeness (QED) is 0.802. The zero-order chi connectivity index (χ0) is 15.1. The van der Waals surface area contributed by atoms with E-state index in [-0.39, 0.29) is 0 Å². The number of nitrogens with zero attached hydrogens (tertiary/aromatic N) is 5. The van der Waals surface area contributed by atoms with Gasteiger partial charge in [-0.2, -0.15) is 5.26 Å². The fourth-order valence-corrected chi connectivity index (χ4v) is 2.75. The molecule has 3 aromatic rings. The number of hydrogen-bond donors (Lipinski definition) is 1. The molecule has 2 aromatic heterocycles. The number of fused-ring (bicyclic) bond motifs is 1. The average molecular weight is 290 g/mol. The number of nitriles is 1. The topological polar surface area (TPSA) is 79.4 Å². The first-order chi connectivity index (χ1) is 10.8. The summed E-state index contributed by atoms with van der Waals surface area (Å²) in [7, 11) is 1.84. The molecule has 0 unspecified atom stereocenters. The van der Waals surface area contributed by atoms with Crippen molar-refractivity contribution in [2.75, 3.05) is 12.4 Å². The van der Waals surface area contributed by atoms with E-state index in [1.807, 2.05) is 19.2 Å². The van der Waals surface area contributed by atoms with Gasteiger partial charge in [-0.1, -0.05) is 0 Å². The minimum atomic E-state index is 0.443. The zero-order valence-electron chi connectivity index (χ0n) is 12.1. The highest BCUT2D eigenvalue weighted by atomic mass is 15.1. The smallest absolute Gasteiger partial charge is 0.146 e. The maximum atomic E-state index is 9.14. The van der Waals surface area contributed by atoms with Crippen molar-refractivity contribution in [3.05, 3.63) is 36.3 Å². The van der Waals surface area contributed by atoms with Crippen LogP contribution in [0.25, 0.3) is 22.4 Å². The van der Waals surface area contributed by atoms with Gasteiger partial charge in [0.05, 0.1) is 28.2 Å². The van der Waals surface area contributed by atoms with Crippen molar-refractivity contribution >= 4 is 16.9 Å². The maximum absolute atomic E-state index is 9.14. The zero-order valence-corrected chi connectivity index (χ0v) is 12.1. The summed E-state index contributed by atoms with van der Waals surface area (Å²) in [5, 5.41) is 12.2. The Labute approximate surface area is 127 Å². The van der Waals surface area contributed by atoms with Crippen molar-refractivity contribution in [1.82, 2.24) is 19.5 Å². The largest absolute Gasteiger partial charge is 0.372 e. The van der Waals surface area contributed by atoms with Crippen molar-refractivity contribution in [1.29, 1.82) is 5.26 Å². The Morgan fingerprint density at radius 3 is 2.95 bits per heavy atom. The Kier molecular flexibility index (Phi) is 2.79. The van der Waals surface area contributed by atoms with Crippen LogP contribution >= 0.6 is 0 Å². The van der Waals surface area contributed by atoms with E-state index in [1.54, 1.807) is 12.3 Å². The van der Waals surface area contributed by atoms with E-state index in [9.17, 15) is 0 Å². The average Bonchev–Trinajstić information content (AvgIpc) is 3.34. The Morgan fingerprint density at radius 1 is 1.36 bits per heavy atom. The first-order valence-electron chi connectivity index (χ1n) is 7.22. The molecule has 0 spiro atoms. The van der Waals surface area contributed by atoms with Gasteiger partial charge >= 0.3 is 0 Å². The lowest BCUT2D eigenvalue weighted by Gasteiger charge is -2.10. The van der Waals surface area contributed by atoms with Crippen LogP contribution < -0.4 is 5.32 Å². The summed E-state index contributed by atoms with van der Waals surface area (Å²) in [5.74, 6) is 1.62. The van der Waals surface area contributed by atoms with Crippen LogP contribution in [0.3, 0.4) is 0 Å². The van der Waals surface area contributed by atoms with Crippen molar-refractivity contribution < 1.29 is 0 Å². The third-order valence-electron chi connectivity index (χ3n) is 3.92. The molecule has 0 bridgehead atoms. The molecule has 1 saturated carbocycles. The lowest BCUT2D eigenvalue weighted by atomic mass is 10.2. The number of nitrogens with one attached hydrogen (secondary N) is 1. The molecule has 1 aliphatic carbocycles. The highest BCUT2D eigenvalue weighted by Crippen LogP contribution is 2.42. The highest BCUT2D eigenvalue weighted by Gasteiger charge is 2.29. The summed E-state index contributed by atoms with van der Waals surface area (Å²) >= 11 is 0. The van der Waals surface area contributed by atoms with Crippen LogP contribution in [-0.4, -0.2) is 26.6 Å². The number of benzene rings is 1. The fourth-order valence-electron chi connectivity index (χ4n) is 2.75. The second kappa shape index (κ2) is 4.81. The molecule has 0 saturated heterocycles. The molecule has 0 radical (unpaired) electrons. The van der Waals surface area contributed by atoms with Crippen LogP contribution in [0.15, 0.2) is 30.7 Å². The van der Waals surface area contributed by atoms with Gasteiger partial charge in [0.15, 0.2) is 0 Å². The minimum Gasteiger partial charge on any atom is -0.372 e. The summed E-state index contributed by atoms with van der Waals surface area (Å²) in [6.07, 6.45) is 5.58. The second-order valence-corrected chi connectivity index (χ2v) is 5.39. The maximum Gasteiger partial charge on any atom is 0.146 e. The number of aromatic nitrogens is 4. The summed E-state index contributed by atoms with van der Waals surface area (Å²) in [6.45, 7) is 0. The normalized spacial score (nSPS) is 14.0. The lowest BCUT2D eigenvalue weighted by molar-refractivity contribution is 0.774. The molecule has 1 aliphatic rings. The summed E-state index contributed by atoms with van der Waals surface area (Å²) < 4.78 is 2.22. The summed E-state index contributed by atoms with van der Waals surface area (Å²) in [6, 6.07) is 8.26. The molecule has 1 aromatic carbocycles. The van der Waals surface area contributed by atoms with Gasteiger partial charge in [-0.3, -0.25) is 0 Å². The predicted molar refractivity (Wildman–Crippen MR) is 83.3 cm³/mol. The van der Waals surface area contributed by atoms with Gasteiger partial charge < -0.3 is 9.88 Å². The molecule has 6 heteroatoms. The van der Waals surface area contributed by atoms with Gasteiger partial charge in [0.25, 0.3) is 0 Å². The van der Waals surface area contributed by atoms with Gasteiger partial charge in [-0.25, -0.2) is 15.0 Å². The molecule has 6 nitrogen and oxygen atoms in total. The standard InChI is InChI=1S/C16H14N6/c1-18-15-12(8-19-9-20-15)16-21-13-5-2-10(7-17)6-14(13)22(16)11-3-4-11/h2,5-6,8-9,11H,3-4H2,1H3,(H,18,19,20). The monoisotopic (exact) mass is 290 g/mol. The van der Waals surface area contributed by atoms with Gasteiger partial charge in [0.2, 0.25) is 0 Å². The second-order valence-electron chi connectivity index (χ2n) is 5.39. The van der Waals surface area contributed by atoms with Crippen LogP contribution in [0, 0.1) is 11.3 Å². The van der Waals surface area contributed by atoms with E-state index >= 15 is 0 Å². The molecule has 22 heavy (non-hydrogen) atoms. The molecule has 1 fully saturated rings. The van der Waals surface area contributed by atoms with E-state index in [0.29, 0.717) is 11.6 Å². The van der Waals surface area contributed by atoms with Gasteiger partial charge in [0, 0.05) is 19.3 Å². The Balaban J connectivity index is 2.01. The summed E-state index contributed by atoms with van der Waals surface area (Å²) in [4.78, 5) is 13.2. The Hall–Kier alpha value is -2.94. The van der Waals surface area contributed by atoms with Gasteiger partial charge in [-0.15, -0.1) is 0 Å². The molecule has 108 valence electrons. The van der Waals surface area contributed by atoms with Crippen LogP contribution in [-0.2, 0) is 0 Å². The Bertz CT molecular complexity index is 901. The minimum absolute atomic E-state index is 0.443. The number of hydrogen-bond acceptors (Lipinski definition) is 5. The number of rotatable bonds is 3. The number of imidazole rings is 1. The molecular formula is C16H14N6. The fraction of sp³-hybridized carbons (Fsp3) is 0.250. The van der Waals surface area contributed by atoms with E-state index in [1.165, 1.54) is 6.33 Å². The summed E-state index contributed by atoms with van der Waals surface area (Å²) in [5.41, 5.74) is 3.43. The van der Waals surface area contributed by atoms with E-state index in [4.69, 9.17) is 10.2 Å². The molecule has 4 rings (SSSR count). The third-order valence-corrected chi connectivity index (χ3v) is 3.92. The first-order valence-corrected chi connectivity index (χ1v) is 7.22. The van der Waals surface area contributed by atoms with Crippen molar-refractivity contribution in [3.63, 3.8) is 0 Å². The number of anilines is 1. The van der Waals surface area contributed by atoms with Crippen LogP contribution in [0.2, 0.25) is 0 Å². The van der Waals surface area contributed by atoms with Crippen LogP contribution in [0.1, 0.15) is 24.4 Å². The van der Waals surface area contributed by atoms with Crippen LogP contribution in [0.4, 0.5) is 5.82 Å². The predicted octanol–water partition coefficient (Wildman–Crippen LogP) is 2.74. The SMILES string of the molecule is CNc1ncncc1-c1nc2ccc(C#N)cc2n1C1CC1. The molecule has 1 N–H and O–H groups in total. The van der Waals surface area contributed by atoms with Gasteiger partial charge in [-0.05, 0) is 31.0 Å². The molecule has 0 aliphatic heterocycles. The molecule has 0 amide bonds. The Morgan fingerprint density at radius 2 is 2.23 bits per heavy atom. The van der Waals surface area contributed by atoms with E-state index < -0.39 is 0 Å². The van der Waals surface area contributed by atoms with Crippen molar-refractivity contribution in [3.8, 4) is 17.5 Å². The van der Waals surface area contributed by atoms with Crippen LogP contribution in [0.5, 0.6) is 0 Å². The van der Waals surface area contributed by atoms with Crippen molar-refractivity contribution in [2.24, 2.45) is 0 Å². The van der Waals surface area contributed by atoms with Gasteiger partial charge in [0.1, 0.15) is 18.0 Å². The van der Waals surface area contributed by atoms with Crippen molar-refractivity contribution in [2.45, 2.75) is 18.9 Å². The molecular weight excluding hydrogens is 276 g/mol. The van der Waals surface area contributed by atoms with E-state index in [2.05, 4.69) is 25.9 Å².